The molecule has 3 rings (SSSR count). The van der Waals surface area contributed by atoms with E-state index in [0.717, 1.165) is 12.8 Å². The summed E-state index contributed by atoms with van der Waals surface area (Å²) >= 11 is 0. The summed E-state index contributed by atoms with van der Waals surface area (Å²) in [7, 11) is 0.897. The van der Waals surface area contributed by atoms with Gasteiger partial charge in [-0.05, 0) is 64.7 Å². The summed E-state index contributed by atoms with van der Waals surface area (Å²) in [5.41, 5.74) is 0.673. The number of benzene rings is 2. The zero-order chi connectivity index (χ0) is 25.5. The van der Waals surface area contributed by atoms with E-state index in [0.29, 0.717) is 12.0 Å². The number of carbonyl (C=O) groups is 2. The average Bonchev–Trinajstić information content (AvgIpc) is 3.05. The van der Waals surface area contributed by atoms with Gasteiger partial charge in [0.05, 0.1) is 23.8 Å². The summed E-state index contributed by atoms with van der Waals surface area (Å²) in [6.45, 7) is 8.01. The van der Waals surface area contributed by atoms with Crippen molar-refractivity contribution < 1.29 is 23.6 Å². The van der Waals surface area contributed by atoms with Crippen LogP contribution in [0.3, 0.4) is 0 Å². The molecule has 0 spiro atoms. The molecule has 1 aliphatic heterocycles. The predicted molar refractivity (Wildman–Crippen MR) is 137 cm³/mol. The van der Waals surface area contributed by atoms with E-state index in [1.54, 1.807) is 24.3 Å². The average molecular weight is 480 g/mol. The van der Waals surface area contributed by atoms with Crippen LogP contribution >= 0.6 is 0 Å². The van der Waals surface area contributed by atoms with Crippen LogP contribution in [0.1, 0.15) is 56.5 Å². The maximum atomic E-state index is 13.3. The molecule has 0 aliphatic carbocycles. The fraction of sp³-hybridized carbons (Fsp3) is 0.481. The molecule has 1 heterocycles. The molecular formula is C27H37BN2O5. The standard InChI is InChI=1S/C27H37BN2O5/c1-26(2)27(3,4)35-28(34-26)23(18-12-15-20-13-8-6-9-14-20)30-25(32)22(19-33-5)29-24(31)21-16-10-7-11-17-21/h6-11,13-14,16-17,22-23H,12,15,18-19H2,1-5H3,(H,29,31)(H,30,32)/t22?,23-/m0/s1. The lowest BCUT2D eigenvalue weighted by atomic mass is 9.75. The molecule has 1 fully saturated rings. The predicted octanol–water partition coefficient (Wildman–Crippen LogP) is 3.57. The van der Waals surface area contributed by atoms with Crippen molar-refractivity contribution in [1.29, 1.82) is 0 Å². The number of hydrogen-bond acceptors (Lipinski definition) is 5. The molecule has 2 amide bonds. The van der Waals surface area contributed by atoms with Gasteiger partial charge in [-0.15, -0.1) is 0 Å². The molecule has 1 unspecified atom stereocenters. The number of methoxy groups -OCH3 is 1. The Kier molecular flexibility index (Phi) is 9.11. The monoisotopic (exact) mass is 480 g/mol. The van der Waals surface area contributed by atoms with Crippen molar-refractivity contribution in [2.45, 2.75) is 70.1 Å². The van der Waals surface area contributed by atoms with Crippen molar-refractivity contribution in [1.82, 2.24) is 10.6 Å². The Morgan fingerprint density at radius 3 is 2.06 bits per heavy atom. The van der Waals surface area contributed by atoms with Crippen LogP contribution in [0.25, 0.3) is 0 Å². The van der Waals surface area contributed by atoms with Crippen LogP contribution in [0.5, 0.6) is 0 Å². The Morgan fingerprint density at radius 2 is 1.49 bits per heavy atom. The minimum absolute atomic E-state index is 0.0461. The van der Waals surface area contributed by atoms with Crippen LogP contribution in [0.4, 0.5) is 0 Å². The fourth-order valence-corrected chi connectivity index (χ4v) is 3.96. The highest BCUT2D eigenvalue weighted by molar-refractivity contribution is 6.48. The topological polar surface area (TPSA) is 85.9 Å². The molecule has 2 aromatic rings. The molecule has 35 heavy (non-hydrogen) atoms. The van der Waals surface area contributed by atoms with Gasteiger partial charge in [0.2, 0.25) is 5.91 Å². The third kappa shape index (κ3) is 7.16. The van der Waals surface area contributed by atoms with Crippen molar-refractivity contribution in [2.24, 2.45) is 0 Å². The molecule has 0 radical (unpaired) electrons. The van der Waals surface area contributed by atoms with Gasteiger partial charge >= 0.3 is 7.12 Å². The summed E-state index contributed by atoms with van der Waals surface area (Å²) < 4.78 is 17.8. The highest BCUT2D eigenvalue weighted by Gasteiger charge is 2.54. The van der Waals surface area contributed by atoms with Gasteiger partial charge in [0, 0.05) is 12.7 Å². The molecule has 0 aromatic heterocycles. The number of hydrogen-bond donors (Lipinski definition) is 2. The summed E-state index contributed by atoms with van der Waals surface area (Å²) in [5.74, 6) is -1.06. The smallest absolute Gasteiger partial charge is 0.402 e. The fourth-order valence-electron chi connectivity index (χ4n) is 3.96. The van der Waals surface area contributed by atoms with Gasteiger partial charge in [-0.3, -0.25) is 9.59 Å². The summed E-state index contributed by atoms with van der Waals surface area (Å²) in [6, 6.07) is 18.2. The molecular weight excluding hydrogens is 443 g/mol. The number of aryl methyl sites for hydroxylation is 1. The first-order chi connectivity index (χ1) is 16.6. The summed E-state index contributed by atoms with van der Waals surface area (Å²) in [6.07, 6.45) is 2.37. The van der Waals surface area contributed by atoms with Crippen LogP contribution in [0.2, 0.25) is 0 Å². The van der Waals surface area contributed by atoms with Gasteiger partial charge in [-0.2, -0.15) is 0 Å². The van der Waals surface area contributed by atoms with Gasteiger partial charge in [-0.25, -0.2) is 0 Å². The molecule has 7 nitrogen and oxygen atoms in total. The maximum absolute atomic E-state index is 13.3. The van der Waals surface area contributed by atoms with Crippen molar-refractivity contribution >= 4 is 18.9 Å². The van der Waals surface area contributed by atoms with E-state index < -0.39 is 24.4 Å². The number of carbonyl (C=O) groups excluding carboxylic acids is 2. The summed E-state index contributed by atoms with van der Waals surface area (Å²) in [5, 5.41) is 5.87. The first-order valence-corrected chi connectivity index (χ1v) is 12.2. The van der Waals surface area contributed by atoms with Gasteiger partial charge in [0.25, 0.3) is 5.91 Å². The molecule has 188 valence electrons. The second-order valence-corrected chi connectivity index (χ2v) is 9.97. The van der Waals surface area contributed by atoms with Crippen molar-refractivity contribution in [3.63, 3.8) is 0 Å². The van der Waals surface area contributed by atoms with E-state index in [1.165, 1.54) is 12.7 Å². The highest BCUT2D eigenvalue weighted by atomic mass is 16.7. The number of rotatable bonds is 11. The molecule has 2 aromatic carbocycles. The normalized spacial score (nSPS) is 18.0. The minimum atomic E-state index is -0.855. The van der Waals surface area contributed by atoms with Crippen molar-refractivity contribution in [3.05, 3.63) is 71.8 Å². The largest absolute Gasteiger partial charge is 0.481 e. The Labute approximate surface area is 209 Å². The SMILES string of the molecule is COCC(NC(=O)c1ccccc1)C(=O)N[C@@H](CCCc1ccccc1)B1OC(C)(C)C(C)(C)O1. The zero-order valence-corrected chi connectivity index (χ0v) is 21.4. The van der Waals surface area contributed by atoms with Crippen LogP contribution in [-0.4, -0.2) is 55.8 Å². The number of nitrogens with one attached hydrogen (secondary N) is 2. The first kappa shape index (κ1) is 26.9. The first-order valence-electron chi connectivity index (χ1n) is 12.2. The van der Waals surface area contributed by atoms with Crippen LogP contribution in [-0.2, 0) is 25.3 Å². The van der Waals surface area contributed by atoms with Crippen LogP contribution in [0, 0.1) is 0 Å². The lowest BCUT2D eigenvalue weighted by molar-refractivity contribution is -0.124. The molecule has 8 heteroatoms. The van der Waals surface area contributed by atoms with E-state index >= 15 is 0 Å². The van der Waals surface area contributed by atoms with Gasteiger partial charge < -0.3 is 24.7 Å². The number of ether oxygens (including phenoxy) is 1. The Balaban J connectivity index is 1.71. The third-order valence-electron chi connectivity index (χ3n) is 6.74. The van der Waals surface area contributed by atoms with E-state index in [2.05, 4.69) is 22.8 Å². The van der Waals surface area contributed by atoms with Gasteiger partial charge in [-0.1, -0.05) is 48.5 Å². The van der Waals surface area contributed by atoms with Crippen molar-refractivity contribution in [2.75, 3.05) is 13.7 Å². The van der Waals surface area contributed by atoms with E-state index in [1.807, 2.05) is 52.0 Å². The van der Waals surface area contributed by atoms with Crippen molar-refractivity contribution in [3.8, 4) is 0 Å². The molecule has 2 atom stereocenters. The molecule has 2 N–H and O–H groups in total. The van der Waals surface area contributed by atoms with Gasteiger partial charge in [0.1, 0.15) is 6.04 Å². The third-order valence-corrected chi connectivity index (χ3v) is 6.74. The van der Waals surface area contributed by atoms with E-state index in [4.69, 9.17) is 14.0 Å². The molecule has 0 saturated carbocycles. The number of amides is 2. The van der Waals surface area contributed by atoms with Gasteiger partial charge in [0.15, 0.2) is 0 Å². The minimum Gasteiger partial charge on any atom is -0.402 e. The summed E-state index contributed by atoms with van der Waals surface area (Å²) in [4.78, 5) is 26.0. The van der Waals surface area contributed by atoms with E-state index in [-0.39, 0.29) is 24.4 Å². The Morgan fingerprint density at radius 1 is 0.914 bits per heavy atom. The lowest BCUT2D eigenvalue weighted by Gasteiger charge is -2.32. The Hall–Kier alpha value is -2.68. The van der Waals surface area contributed by atoms with Crippen LogP contribution in [0.15, 0.2) is 60.7 Å². The highest BCUT2D eigenvalue weighted by Crippen LogP contribution is 2.38. The Bertz CT molecular complexity index is 952. The molecule has 1 aliphatic rings. The lowest BCUT2D eigenvalue weighted by Crippen LogP contribution is -2.56. The molecule has 1 saturated heterocycles. The second kappa shape index (κ2) is 11.8. The zero-order valence-electron chi connectivity index (χ0n) is 21.4. The van der Waals surface area contributed by atoms with Crippen LogP contribution < -0.4 is 10.6 Å². The second-order valence-electron chi connectivity index (χ2n) is 9.97. The maximum Gasteiger partial charge on any atom is 0.481 e. The molecule has 0 bridgehead atoms. The van der Waals surface area contributed by atoms with E-state index in [9.17, 15) is 9.59 Å². The quantitative estimate of drug-likeness (QED) is 0.481.